The van der Waals surface area contributed by atoms with E-state index in [4.69, 9.17) is 4.74 Å². The molecule has 0 bridgehead atoms. The van der Waals surface area contributed by atoms with Crippen molar-refractivity contribution in [3.63, 3.8) is 0 Å². The van der Waals surface area contributed by atoms with Crippen LogP contribution in [0.3, 0.4) is 0 Å². The zero-order valence-electron chi connectivity index (χ0n) is 7.22. The molecular weight excluding hydrogens is 156 g/mol. The molecule has 11 heavy (non-hydrogen) atoms. The van der Waals surface area contributed by atoms with Crippen LogP contribution in [0.15, 0.2) is 12.7 Å². The maximum atomic E-state index is 10.5. The summed E-state index contributed by atoms with van der Waals surface area (Å²) < 4.78 is 4.80. The minimum absolute atomic E-state index is 0.156. The summed E-state index contributed by atoms with van der Waals surface area (Å²) in [5.41, 5.74) is 0. The summed E-state index contributed by atoms with van der Waals surface area (Å²) in [5.74, 6) is -0.314. The van der Waals surface area contributed by atoms with E-state index in [0.717, 1.165) is 6.42 Å². The van der Waals surface area contributed by atoms with Crippen LogP contribution in [0, 0.1) is 0 Å². The summed E-state index contributed by atoms with van der Waals surface area (Å²) in [6.07, 6.45) is 2.19. The average molecular weight is 171 g/mol. The van der Waals surface area contributed by atoms with Crippen LogP contribution in [-0.2, 0) is 9.53 Å². The van der Waals surface area contributed by atoms with E-state index in [9.17, 15) is 4.79 Å². The predicted octanol–water partition coefficient (Wildman–Crippen LogP) is 1.86. The molecule has 0 aromatic rings. The lowest BCUT2D eigenvalue weighted by atomic mass is 10.5. The quantitative estimate of drug-likeness (QED) is 0.273. The Morgan fingerprint density at radius 2 is 2.27 bits per heavy atom. The van der Waals surface area contributed by atoms with E-state index < -0.39 is 0 Å². The topological polar surface area (TPSA) is 26.3 Å². The summed E-state index contributed by atoms with van der Waals surface area (Å²) in [4.78, 5) is 10.5. The first kappa shape index (κ1) is 10.4. The molecular formula is C8H15O2Si. The van der Waals surface area contributed by atoms with Crippen molar-refractivity contribution in [2.24, 2.45) is 0 Å². The molecule has 1 radical (unpaired) electrons. The molecule has 63 valence electrons. The second-order valence-electron chi connectivity index (χ2n) is 2.68. The van der Waals surface area contributed by atoms with E-state index in [1.807, 2.05) is 0 Å². The SMILES string of the molecule is C=CC(=O)OCCC[Si](C)C. The van der Waals surface area contributed by atoms with Gasteiger partial charge in [-0.25, -0.2) is 4.79 Å². The summed E-state index contributed by atoms with van der Waals surface area (Å²) in [6.45, 7) is 8.35. The Labute approximate surface area is 69.9 Å². The third kappa shape index (κ3) is 7.32. The fraction of sp³-hybridized carbons (Fsp3) is 0.625. The lowest BCUT2D eigenvalue weighted by Crippen LogP contribution is -2.05. The summed E-state index contributed by atoms with van der Waals surface area (Å²) >= 11 is 0. The van der Waals surface area contributed by atoms with Gasteiger partial charge in [0.1, 0.15) is 0 Å². The highest BCUT2D eigenvalue weighted by molar-refractivity contribution is 6.55. The standard InChI is InChI=1S/C8H15O2Si/c1-4-8(9)10-6-5-7-11(2)3/h4H,1,5-7H2,2-3H3. The molecule has 2 nitrogen and oxygen atoms in total. The molecule has 0 aromatic heterocycles. The number of hydrogen-bond donors (Lipinski definition) is 0. The third-order valence-electron chi connectivity index (χ3n) is 1.23. The van der Waals surface area contributed by atoms with Crippen molar-refractivity contribution in [1.82, 2.24) is 0 Å². The molecule has 0 saturated heterocycles. The highest BCUT2D eigenvalue weighted by Crippen LogP contribution is 1.97. The zero-order valence-corrected chi connectivity index (χ0v) is 8.22. The Kier molecular flexibility index (Phi) is 5.84. The lowest BCUT2D eigenvalue weighted by Gasteiger charge is -2.02. The Bertz CT molecular complexity index is 132. The molecule has 0 atom stereocenters. The summed E-state index contributed by atoms with van der Waals surface area (Å²) in [6, 6.07) is 1.20. The predicted molar refractivity (Wildman–Crippen MR) is 48.1 cm³/mol. The van der Waals surface area contributed by atoms with Crippen LogP contribution in [0.4, 0.5) is 0 Å². The number of rotatable bonds is 5. The highest BCUT2D eigenvalue weighted by Gasteiger charge is 1.97. The van der Waals surface area contributed by atoms with E-state index >= 15 is 0 Å². The summed E-state index contributed by atoms with van der Waals surface area (Å²) in [7, 11) is -0.156. The third-order valence-corrected chi connectivity index (χ3v) is 2.59. The van der Waals surface area contributed by atoms with Crippen LogP contribution in [0.1, 0.15) is 6.42 Å². The molecule has 0 fully saturated rings. The van der Waals surface area contributed by atoms with Gasteiger partial charge in [-0.15, -0.1) is 0 Å². The molecule has 0 rings (SSSR count). The van der Waals surface area contributed by atoms with Crippen LogP contribution >= 0.6 is 0 Å². The molecule has 0 amide bonds. The number of hydrogen-bond acceptors (Lipinski definition) is 2. The molecule has 0 saturated carbocycles. The van der Waals surface area contributed by atoms with Crippen molar-refractivity contribution in [2.75, 3.05) is 6.61 Å². The van der Waals surface area contributed by atoms with E-state index in [2.05, 4.69) is 19.7 Å². The van der Waals surface area contributed by atoms with Crippen molar-refractivity contribution >= 4 is 14.8 Å². The second kappa shape index (κ2) is 6.16. The molecule has 0 aliphatic heterocycles. The Balaban J connectivity index is 3.14. The first-order chi connectivity index (χ1) is 5.16. The van der Waals surface area contributed by atoms with Gasteiger partial charge in [-0.05, 0) is 6.42 Å². The van der Waals surface area contributed by atoms with Crippen LogP contribution in [0.5, 0.6) is 0 Å². The van der Waals surface area contributed by atoms with Crippen LogP contribution in [0.2, 0.25) is 19.1 Å². The number of ether oxygens (including phenoxy) is 1. The largest absolute Gasteiger partial charge is 0.463 e. The first-order valence-corrected chi connectivity index (χ1v) is 6.45. The molecule has 0 aliphatic carbocycles. The fourth-order valence-electron chi connectivity index (χ4n) is 0.657. The maximum absolute atomic E-state index is 10.5. The number of carbonyl (C=O) groups is 1. The van der Waals surface area contributed by atoms with E-state index in [0.29, 0.717) is 6.61 Å². The van der Waals surface area contributed by atoms with Gasteiger partial charge in [-0.3, -0.25) is 0 Å². The smallest absolute Gasteiger partial charge is 0.330 e. The van der Waals surface area contributed by atoms with Gasteiger partial charge in [0.2, 0.25) is 0 Å². The van der Waals surface area contributed by atoms with E-state index in [-0.39, 0.29) is 14.8 Å². The van der Waals surface area contributed by atoms with Crippen molar-refractivity contribution < 1.29 is 9.53 Å². The minimum atomic E-state index is -0.314. The Morgan fingerprint density at radius 3 is 2.73 bits per heavy atom. The molecule has 0 heterocycles. The van der Waals surface area contributed by atoms with Gasteiger partial charge in [0.05, 0.1) is 6.61 Å². The van der Waals surface area contributed by atoms with Crippen LogP contribution in [-0.4, -0.2) is 21.4 Å². The van der Waals surface area contributed by atoms with Gasteiger partial charge in [-0.1, -0.05) is 25.7 Å². The Hall–Kier alpha value is -0.573. The van der Waals surface area contributed by atoms with Crippen LogP contribution in [0.25, 0.3) is 0 Å². The molecule has 3 heteroatoms. The molecule has 0 aromatic carbocycles. The number of carbonyl (C=O) groups excluding carboxylic acids is 1. The molecule has 0 N–H and O–H groups in total. The second-order valence-corrected chi connectivity index (χ2v) is 5.60. The van der Waals surface area contributed by atoms with Gasteiger partial charge >= 0.3 is 5.97 Å². The monoisotopic (exact) mass is 171 g/mol. The fourth-order valence-corrected chi connectivity index (χ4v) is 1.51. The highest BCUT2D eigenvalue weighted by atomic mass is 28.3. The van der Waals surface area contributed by atoms with Crippen molar-refractivity contribution in [3.05, 3.63) is 12.7 Å². The lowest BCUT2D eigenvalue weighted by molar-refractivity contribution is -0.137. The molecule has 0 aliphatic rings. The van der Waals surface area contributed by atoms with Crippen molar-refractivity contribution in [1.29, 1.82) is 0 Å². The molecule has 0 spiro atoms. The number of esters is 1. The van der Waals surface area contributed by atoms with E-state index in [1.54, 1.807) is 0 Å². The van der Waals surface area contributed by atoms with Crippen molar-refractivity contribution in [2.45, 2.75) is 25.6 Å². The zero-order chi connectivity index (χ0) is 8.69. The van der Waals surface area contributed by atoms with Gasteiger partial charge in [0.25, 0.3) is 0 Å². The van der Waals surface area contributed by atoms with Gasteiger partial charge < -0.3 is 4.74 Å². The van der Waals surface area contributed by atoms with Crippen LogP contribution < -0.4 is 0 Å². The average Bonchev–Trinajstić information content (AvgIpc) is 1.97. The normalized spacial score (nSPS) is 9.73. The van der Waals surface area contributed by atoms with Gasteiger partial charge in [0.15, 0.2) is 0 Å². The van der Waals surface area contributed by atoms with Gasteiger partial charge in [0, 0.05) is 14.9 Å². The summed E-state index contributed by atoms with van der Waals surface area (Å²) in [5, 5.41) is 0. The van der Waals surface area contributed by atoms with Crippen molar-refractivity contribution in [3.8, 4) is 0 Å². The first-order valence-electron chi connectivity index (χ1n) is 3.75. The van der Waals surface area contributed by atoms with Gasteiger partial charge in [-0.2, -0.15) is 0 Å². The Morgan fingerprint density at radius 1 is 1.64 bits per heavy atom. The minimum Gasteiger partial charge on any atom is -0.463 e. The maximum Gasteiger partial charge on any atom is 0.330 e. The van der Waals surface area contributed by atoms with E-state index in [1.165, 1.54) is 12.1 Å². The molecule has 0 unspecified atom stereocenters.